The zero-order chi connectivity index (χ0) is 17.1. The van der Waals surface area contributed by atoms with Gasteiger partial charge in [-0.25, -0.2) is 5.48 Å². The molecule has 1 aromatic carbocycles. The Labute approximate surface area is 139 Å². The van der Waals surface area contributed by atoms with Crippen LogP contribution in [0.25, 0.3) is 0 Å². The van der Waals surface area contributed by atoms with Gasteiger partial charge in [-0.1, -0.05) is 0 Å². The summed E-state index contributed by atoms with van der Waals surface area (Å²) < 4.78 is 11.1. The summed E-state index contributed by atoms with van der Waals surface area (Å²) in [6.07, 6.45) is 0.940. The third kappa shape index (κ3) is 3.44. The number of likely N-dealkylation sites (N-methyl/N-ethyl adjacent to an activating group) is 1. The Bertz CT molecular complexity index is 630. The van der Waals surface area contributed by atoms with Crippen molar-refractivity contribution in [2.45, 2.75) is 25.0 Å². The number of ether oxygens (including phenoxy) is 2. The van der Waals surface area contributed by atoms with Gasteiger partial charge in [0.2, 0.25) is 0 Å². The predicted molar refractivity (Wildman–Crippen MR) is 85.4 cm³/mol. The van der Waals surface area contributed by atoms with Crippen LogP contribution in [0, 0.1) is 0 Å². The van der Waals surface area contributed by atoms with Gasteiger partial charge in [0, 0.05) is 31.9 Å². The largest absolute Gasteiger partial charge is 0.477 e. The minimum absolute atomic E-state index is 0.105. The Kier molecular flexibility index (Phi) is 4.86. The number of nitrogens with zero attached hydrogens (tertiary/aromatic N) is 1. The smallest absolute Gasteiger partial charge is 0.274 e. The average Bonchev–Trinajstić information content (AvgIpc) is 2.61. The quantitative estimate of drug-likeness (QED) is 0.543. The molecule has 2 aliphatic rings. The van der Waals surface area contributed by atoms with Crippen molar-refractivity contribution in [1.29, 1.82) is 0 Å². The van der Waals surface area contributed by atoms with E-state index in [0.29, 0.717) is 25.5 Å². The van der Waals surface area contributed by atoms with Gasteiger partial charge >= 0.3 is 0 Å². The molecule has 0 bridgehead atoms. The van der Waals surface area contributed by atoms with Crippen molar-refractivity contribution in [3.8, 4) is 5.75 Å². The number of benzene rings is 1. The zero-order valence-electron chi connectivity index (χ0n) is 13.4. The molecule has 2 amide bonds. The van der Waals surface area contributed by atoms with E-state index < -0.39 is 12.0 Å². The molecule has 3 N–H and O–H groups in total. The summed E-state index contributed by atoms with van der Waals surface area (Å²) in [6.45, 7) is 1.73. The summed E-state index contributed by atoms with van der Waals surface area (Å²) in [5, 5.41) is 11.7. The molecule has 0 aromatic heterocycles. The molecule has 0 aliphatic carbocycles. The highest BCUT2D eigenvalue weighted by molar-refractivity contribution is 5.94. The standard InChI is InChI=1S/C16H21N3O5/c1-19-9-14(16(21)17-11-4-6-23-7-5-11)24-13-8-10(15(20)18-22)2-3-12(13)19/h2-3,8,11,14,22H,4-7,9H2,1H3,(H,17,21)(H,18,20). The molecule has 3 rings (SSSR count). The molecular formula is C16H21N3O5. The van der Waals surface area contributed by atoms with Crippen molar-refractivity contribution in [2.75, 3.05) is 31.7 Å². The van der Waals surface area contributed by atoms with Crippen LogP contribution in [0.3, 0.4) is 0 Å². The predicted octanol–water partition coefficient (Wildman–Crippen LogP) is 0.298. The molecule has 2 heterocycles. The lowest BCUT2D eigenvalue weighted by Crippen LogP contribution is -2.51. The number of fused-ring (bicyclic) bond motifs is 1. The summed E-state index contributed by atoms with van der Waals surface area (Å²) in [5.41, 5.74) is 2.64. The lowest BCUT2D eigenvalue weighted by Gasteiger charge is -2.34. The van der Waals surface area contributed by atoms with E-state index in [1.165, 1.54) is 6.07 Å². The third-order valence-electron chi connectivity index (χ3n) is 4.30. The molecule has 8 nitrogen and oxygen atoms in total. The van der Waals surface area contributed by atoms with Gasteiger partial charge in [0.1, 0.15) is 5.75 Å². The molecule has 0 spiro atoms. The maximum absolute atomic E-state index is 12.5. The van der Waals surface area contributed by atoms with E-state index in [1.807, 2.05) is 11.9 Å². The lowest BCUT2D eigenvalue weighted by molar-refractivity contribution is -0.129. The Hall–Kier alpha value is -2.32. The highest BCUT2D eigenvalue weighted by Crippen LogP contribution is 2.33. The third-order valence-corrected chi connectivity index (χ3v) is 4.30. The second-order valence-corrected chi connectivity index (χ2v) is 6.01. The first-order valence-corrected chi connectivity index (χ1v) is 7.93. The fourth-order valence-corrected chi connectivity index (χ4v) is 2.94. The van der Waals surface area contributed by atoms with Gasteiger partial charge in [0.15, 0.2) is 6.10 Å². The molecular weight excluding hydrogens is 314 g/mol. The first-order chi connectivity index (χ1) is 11.6. The van der Waals surface area contributed by atoms with Gasteiger partial charge in [-0.2, -0.15) is 0 Å². The number of anilines is 1. The first-order valence-electron chi connectivity index (χ1n) is 7.93. The number of carbonyl (C=O) groups is 2. The summed E-state index contributed by atoms with van der Waals surface area (Å²) in [5.74, 6) is -0.355. The normalized spacial score (nSPS) is 20.8. The second kappa shape index (κ2) is 7.06. The van der Waals surface area contributed by atoms with Crippen molar-refractivity contribution in [1.82, 2.24) is 10.8 Å². The number of hydrogen-bond acceptors (Lipinski definition) is 6. The Morgan fingerprint density at radius 2 is 2.04 bits per heavy atom. The number of carbonyl (C=O) groups excluding carboxylic acids is 2. The van der Waals surface area contributed by atoms with Gasteiger partial charge < -0.3 is 19.7 Å². The highest BCUT2D eigenvalue weighted by atomic mass is 16.5. The van der Waals surface area contributed by atoms with Crippen LogP contribution in [-0.2, 0) is 9.53 Å². The molecule has 24 heavy (non-hydrogen) atoms. The fraction of sp³-hybridized carbons (Fsp3) is 0.500. The SMILES string of the molecule is CN1CC(C(=O)NC2CCOCC2)Oc2cc(C(=O)NO)ccc21. The first kappa shape index (κ1) is 16.5. The summed E-state index contributed by atoms with van der Waals surface area (Å²) in [6, 6.07) is 4.94. The van der Waals surface area contributed by atoms with Crippen LogP contribution >= 0.6 is 0 Å². The van der Waals surface area contributed by atoms with Crippen LogP contribution < -0.4 is 20.4 Å². The summed E-state index contributed by atoms with van der Waals surface area (Å²) >= 11 is 0. The van der Waals surface area contributed by atoms with E-state index in [9.17, 15) is 9.59 Å². The van der Waals surface area contributed by atoms with E-state index in [4.69, 9.17) is 14.7 Å². The Morgan fingerprint density at radius 3 is 2.75 bits per heavy atom. The maximum atomic E-state index is 12.5. The van der Waals surface area contributed by atoms with Crippen LogP contribution in [0.2, 0.25) is 0 Å². The van der Waals surface area contributed by atoms with Gasteiger partial charge in [0.05, 0.1) is 12.2 Å². The number of nitrogens with one attached hydrogen (secondary N) is 2. The monoisotopic (exact) mass is 335 g/mol. The highest BCUT2D eigenvalue weighted by Gasteiger charge is 2.31. The molecule has 1 fully saturated rings. The number of hydroxylamine groups is 1. The summed E-state index contributed by atoms with van der Waals surface area (Å²) in [4.78, 5) is 25.9. The van der Waals surface area contributed by atoms with Crippen molar-refractivity contribution < 1.29 is 24.3 Å². The maximum Gasteiger partial charge on any atom is 0.274 e. The van der Waals surface area contributed by atoms with Crippen LogP contribution in [-0.4, -0.2) is 56.0 Å². The molecule has 8 heteroatoms. The molecule has 1 atom stereocenters. The van der Waals surface area contributed by atoms with E-state index in [-0.39, 0.29) is 17.5 Å². The molecule has 130 valence electrons. The molecule has 1 unspecified atom stereocenters. The van der Waals surface area contributed by atoms with Gasteiger partial charge in [-0.15, -0.1) is 0 Å². The zero-order valence-corrected chi connectivity index (χ0v) is 13.4. The van der Waals surface area contributed by atoms with Crippen molar-refractivity contribution in [2.24, 2.45) is 0 Å². The van der Waals surface area contributed by atoms with Crippen LogP contribution in [0.1, 0.15) is 23.2 Å². The van der Waals surface area contributed by atoms with E-state index in [2.05, 4.69) is 5.32 Å². The van der Waals surface area contributed by atoms with E-state index >= 15 is 0 Å². The topological polar surface area (TPSA) is 100 Å². The summed E-state index contributed by atoms with van der Waals surface area (Å²) in [7, 11) is 1.86. The fourth-order valence-electron chi connectivity index (χ4n) is 2.94. The minimum atomic E-state index is -0.655. The second-order valence-electron chi connectivity index (χ2n) is 6.01. The van der Waals surface area contributed by atoms with Gasteiger partial charge in [-0.05, 0) is 31.0 Å². The van der Waals surface area contributed by atoms with Crippen LogP contribution in [0.4, 0.5) is 5.69 Å². The minimum Gasteiger partial charge on any atom is -0.477 e. The Balaban J connectivity index is 1.72. The van der Waals surface area contributed by atoms with E-state index in [0.717, 1.165) is 18.5 Å². The molecule has 1 aromatic rings. The molecule has 2 aliphatic heterocycles. The van der Waals surface area contributed by atoms with Crippen molar-refractivity contribution in [3.05, 3.63) is 23.8 Å². The van der Waals surface area contributed by atoms with Crippen molar-refractivity contribution in [3.63, 3.8) is 0 Å². The van der Waals surface area contributed by atoms with Crippen molar-refractivity contribution >= 4 is 17.5 Å². The molecule has 0 radical (unpaired) electrons. The number of amides is 2. The average molecular weight is 335 g/mol. The van der Waals surface area contributed by atoms with Crippen LogP contribution in [0.15, 0.2) is 18.2 Å². The Morgan fingerprint density at radius 1 is 1.29 bits per heavy atom. The number of hydrogen-bond donors (Lipinski definition) is 3. The number of rotatable bonds is 3. The van der Waals surface area contributed by atoms with E-state index in [1.54, 1.807) is 17.6 Å². The molecule has 0 saturated carbocycles. The lowest BCUT2D eigenvalue weighted by atomic mass is 10.1. The van der Waals surface area contributed by atoms with Gasteiger partial charge in [0.25, 0.3) is 11.8 Å². The van der Waals surface area contributed by atoms with Crippen LogP contribution in [0.5, 0.6) is 5.75 Å². The van der Waals surface area contributed by atoms with Gasteiger partial charge in [-0.3, -0.25) is 14.8 Å². The molecule has 1 saturated heterocycles.